The van der Waals surface area contributed by atoms with E-state index >= 15 is 0 Å². The number of hydrogen-bond donors (Lipinski definition) is 2. The van der Waals surface area contributed by atoms with Crippen molar-refractivity contribution in [3.05, 3.63) is 48.2 Å². The molecule has 0 aromatic heterocycles. The Morgan fingerprint density at radius 1 is 1.27 bits per heavy atom. The van der Waals surface area contributed by atoms with E-state index < -0.39 is 0 Å². The van der Waals surface area contributed by atoms with Crippen LogP contribution in [0.1, 0.15) is 11.6 Å². The standard InChI is InChI=1S/C9H12N2/c1-7(10)9(11)8-5-3-2-4-6-8/h2-6,9H,1,10-11H2/t9-/m1/s1. The molecule has 4 N–H and O–H groups in total. The van der Waals surface area contributed by atoms with Crippen LogP contribution in [0.3, 0.4) is 0 Å². The lowest BCUT2D eigenvalue weighted by Crippen LogP contribution is -2.17. The zero-order valence-electron chi connectivity index (χ0n) is 6.33. The molecule has 1 rings (SSSR count). The lowest BCUT2D eigenvalue weighted by Gasteiger charge is -2.10. The molecule has 2 heteroatoms. The first-order valence-corrected chi connectivity index (χ1v) is 3.46. The van der Waals surface area contributed by atoms with Crippen molar-refractivity contribution in [2.75, 3.05) is 0 Å². The van der Waals surface area contributed by atoms with Crippen molar-refractivity contribution in [2.45, 2.75) is 6.04 Å². The molecule has 0 heterocycles. The summed E-state index contributed by atoms with van der Waals surface area (Å²) in [5.41, 5.74) is 12.7. The van der Waals surface area contributed by atoms with Crippen molar-refractivity contribution in [1.82, 2.24) is 0 Å². The highest BCUT2D eigenvalue weighted by Gasteiger charge is 2.04. The second kappa shape index (κ2) is 3.21. The van der Waals surface area contributed by atoms with Crippen LogP contribution in [-0.2, 0) is 0 Å². The van der Waals surface area contributed by atoms with E-state index in [0.29, 0.717) is 5.70 Å². The smallest absolute Gasteiger partial charge is 0.0692 e. The predicted molar refractivity (Wildman–Crippen MR) is 46.7 cm³/mol. The molecule has 0 aliphatic rings. The average molecular weight is 148 g/mol. The Morgan fingerprint density at radius 2 is 1.82 bits per heavy atom. The molecule has 0 aliphatic heterocycles. The van der Waals surface area contributed by atoms with E-state index in [2.05, 4.69) is 6.58 Å². The maximum absolute atomic E-state index is 5.71. The van der Waals surface area contributed by atoms with Gasteiger partial charge in [0.05, 0.1) is 6.04 Å². The molecular weight excluding hydrogens is 136 g/mol. The van der Waals surface area contributed by atoms with E-state index in [4.69, 9.17) is 11.5 Å². The van der Waals surface area contributed by atoms with Crippen molar-refractivity contribution in [1.29, 1.82) is 0 Å². The fourth-order valence-electron chi connectivity index (χ4n) is 0.874. The van der Waals surface area contributed by atoms with Gasteiger partial charge in [-0.15, -0.1) is 0 Å². The van der Waals surface area contributed by atoms with Gasteiger partial charge in [-0.1, -0.05) is 36.9 Å². The first-order chi connectivity index (χ1) is 5.22. The van der Waals surface area contributed by atoms with Crippen LogP contribution >= 0.6 is 0 Å². The predicted octanol–water partition coefficient (Wildman–Crippen LogP) is 1.16. The van der Waals surface area contributed by atoms with Gasteiger partial charge in [-0.2, -0.15) is 0 Å². The van der Waals surface area contributed by atoms with Gasteiger partial charge < -0.3 is 11.5 Å². The van der Waals surface area contributed by atoms with Crippen molar-refractivity contribution in [3.63, 3.8) is 0 Å². The summed E-state index contributed by atoms with van der Waals surface area (Å²) in [6.45, 7) is 3.58. The molecule has 0 bridgehead atoms. The van der Waals surface area contributed by atoms with E-state index in [-0.39, 0.29) is 6.04 Å². The van der Waals surface area contributed by atoms with Crippen LogP contribution in [0.2, 0.25) is 0 Å². The van der Waals surface area contributed by atoms with Gasteiger partial charge in [-0.3, -0.25) is 0 Å². The van der Waals surface area contributed by atoms with Crippen LogP contribution in [0.4, 0.5) is 0 Å². The lowest BCUT2D eigenvalue weighted by atomic mass is 10.1. The van der Waals surface area contributed by atoms with Gasteiger partial charge in [-0.05, 0) is 5.56 Å². The summed E-state index contributed by atoms with van der Waals surface area (Å²) in [7, 11) is 0. The normalized spacial score (nSPS) is 12.5. The summed E-state index contributed by atoms with van der Waals surface area (Å²) < 4.78 is 0. The molecule has 0 amide bonds. The number of benzene rings is 1. The maximum atomic E-state index is 5.71. The third-order valence-corrected chi connectivity index (χ3v) is 1.56. The average Bonchev–Trinajstić information content (AvgIpc) is 2.05. The van der Waals surface area contributed by atoms with Gasteiger partial charge >= 0.3 is 0 Å². The van der Waals surface area contributed by atoms with Crippen molar-refractivity contribution in [3.8, 4) is 0 Å². The van der Waals surface area contributed by atoms with E-state index in [1.54, 1.807) is 0 Å². The quantitative estimate of drug-likeness (QED) is 0.661. The van der Waals surface area contributed by atoms with Gasteiger partial charge in [0.1, 0.15) is 0 Å². The van der Waals surface area contributed by atoms with Crippen LogP contribution in [0.15, 0.2) is 42.6 Å². The van der Waals surface area contributed by atoms with Crippen LogP contribution in [0, 0.1) is 0 Å². The summed E-state index contributed by atoms with van der Waals surface area (Å²) >= 11 is 0. The van der Waals surface area contributed by atoms with E-state index in [1.165, 1.54) is 0 Å². The summed E-state index contributed by atoms with van der Waals surface area (Å²) in [6.07, 6.45) is 0. The van der Waals surface area contributed by atoms with E-state index in [1.807, 2.05) is 30.3 Å². The Hall–Kier alpha value is -1.28. The fourth-order valence-corrected chi connectivity index (χ4v) is 0.874. The summed E-state index contributed by atoms with van der Waals surface area (Å²) in [6, 6.07) is 9.42. The minimum Gasteiger partial charge on any atom is -0.401 e. The molecule has 0 radical (unpaired) electrons. The Balaban J connectivity index is 2.85. The SMILES string of the molecule is C=C(N)[C@@H](N)c1ccccc1. The van der Waals surface area contributed by atoms with E-state index in [9.17, 15) is 0 Å². The number of rotatable bonds is 2. The highest BCUT2D eigenvalue weighted by Crippen LogP contribution is 2.12. The third-order valence-electron chi connectivity index (χ3n) is 1.56. The van der Waals surface area contributed by atoms with E-state index in [0.717, 1.165) is 5.56 Å². The summed E-state index contributed by atoms with van der Waals surface area (Å²) in [5, 5.41) is 0. The molecule has 0 unspecified atom stereocenters. The molecule has 58 valence electrons. The van der Waals surface area contributed by atoms with Gasteiger partial charge in [0.15, 0.2) is 0 Å². The Labute approximate surface area is 66.5 Å². The Morgan fingerprint density at radius 3 is 2.27 bits per heavy atom. The van der Waals surface area contributed by atoms with Gasteiger partial charge in [-0.25, -0.2) is 0 Å². The van der Waals surface area contributed by atoms with Gasteiger partial charge in [0.25, 0.3) is 0 Å². The third kappa shape index (κ3) is 1.82. The molecular formula is C9H12N2. The molecule has 2 nitrogen and oxygen atoms in total. The van der Waals surface area contributed by atoms with Crippen molar-refractivity contribution in [2.24, 2.45) is 11.5 Å². The summed E-state index contributed by atoms with van der Waals surface area (Å²) in [5.74, 6) is 0. The van der Waals surface area contributed by atoms with Crippen molar-refractivity contribution < 1.29 is 0 Å². The van der Waals surface area contributed by atoms with Crippen molar-refractivity contribution >= 4 is 0 Å². The second-order valence-corrected chi connectivity index (χ2v) is 2.46. The molecule has 1 aromatic rings. The Kier molecular flexibility index (Phi) is 2.28. The minimum atomic E-state index is -0.240. The summed E-state index contributed by atoms with van der Waals surface area (Å²) in [4.78, 5) is 0. The number of nitrogens with two attached hydrogens (primary N) is 2. The first-order valence-electron chi connectivity index (χ1n) is 3.46. The fraction of sp³-hybridized carbons (Fsp3) is 0.111. The van der Waals surface area contributed by atoms with Crippen LogP contribution in [-0.4, -0.2) is 0 Å². The van der Waals surface area contributed by atoms with Gasteiger partial charge in [0.2, 0.25) is 0 Å². The lowest BCUT2D eigenvalue weighted by molar-refractivity contribution is 0.837. The minimum absolute atomic E-state index is 0.240. The monoisotopic (exact) mass is 148 g/mol. The molecule has 0 fully saturated rings. The second-order valence-electron chi connectivity index (χ2n) is 2.46. The molecule has 0 saturated heterocycles. The van der Waals surface area contributed by atoms with Gasteiger partial charge in [0, 0.05) is 5.70 Å². The molecule has 0 aliphatic carbocycles. The highest BCUT2D eigenvalue weighted by atomic mass is 14.7. The number of hydrogen-bond acceptors (Lipinski definition) is 2. The Bertz CT molecular complexity index is 241. The topological polar surface area (TPSA) is 52.0 Å². The highest BCUT2D eigenvalue weighted by molar-refractivity contribution is 5.24. The first kappa shape index (κ1) is 7.82. The van der Waals surface area contributed by atoms with Crippen LogP contribution in [0.5, 0.6) is 0 Å². The van der Waals surface area contributed by atoms with Crippen LogP contribution in [0.25, 0.3) is 0 Å². The molecule has 11 heavy (non-hydrogen) atoms. The van der Waals surface area contributed by atoms with Crippen LogP contribution < -0.4 is 11.5 Å². The maximum Gasteiger partial charge on any atom is 0.0692 e. The zero-order chi connectivity index (χ0) is 8.27. The molecule has 0 spiro atoms. The molecule has 0 saturated carbocycles. The zero-order valence-corrected chi connectivity index (χ0v) is 6.33. The molecule has 1 atom stereocenters. The molecule has 1 aromatic carbocycles. The largest absolute Gasteiger partial charge is 0.401 e.